The fraction of sp³-hybridized carbons (Fsp3) is 0.429. The molecule has 0 aliphatic carbocycles. The average molecular weight is 431 g/mol. The van der Waals surface area contributed by atoms with Gasteiger partial charge in [-0.05, 0) is 31.0 Å². The van der Waals surface area contributed by atoms with Gasteiger partial charge in [-0.1, -0.05) is 75.0 Å². The molecule has 5 nitrogen and oxygen atoms in total. The van der Waals surface area contributed by atoms with E-state index in [2.05, 4.69) is 6.92 Å². The average Bonchev–Trinajstić information content (AvgIpc) is 2.63. The van der Waals surface area contributed by atoms with Crippen LogP contribution in [0.25, 0.3) is 0 Å². The zero-order valence-corrected chi connectivity index (χ0v) is 20.6. The molecule has 2 rings (SSSR count). The quantitative estimate of drug-likeness (QED) is 0.335. The third kappa shape index (κ3) is 8.53. The van der Waals surface area contributed by atoms with Crippen LogP contribution >= 0.6 is 0 Å². The van der Waals surface area contributed by atoms with E-state index in [1.54, 1.807) is 18.2 Å². The maximum absolute atomic E-state index is 12.6. The molecule has 0 saturated carbocycles. The normalized spacial score (nSPS) is 11.1. The summed E-state index contributed by atoms with van der Waals surface area (Å²) in [5.41, 5.74) is 0.701. The van der Waals surface area contributed by atoms with Gasteiger partial charge in [0.05, 0.1) is 4.90 Å². The van der Waals surface area contributed by atoms with Gasteiger partial charge < -0.3 is 9.84 Å². The Labute approximate surface area is 210 Å². The summed E-state index contributed by atoms with van der Waals surface area (Å²) in [6.07, 6.45) is 8.98. The molecule has 0 aliphatic rings. The Kier molecular flexibility index (Phi) is 11.9. The smallest absolute Gasteiger partial charge is 0.870 e. The predicted molar refractivity (Wildman–Crippen MR) is 104 cm³/mol. The molecule has 0 bridgehead atoms. The van der Waals surface area contributed by atoms with E-state index in [1.807, 2.05) is 0 Å². The molecule has 2 aromatic rings. The number of para-hydroxylation sites is 1. The van der Waals surface area contributed by atoms with Crippen LogP contribution in [0.1, 0.15) is 57.4 Å². The van der Waals surface area contributed by atoms with Crippen LogP contribution in [-0.2, 0) is 16.5 Å². The van der Waals surface area contributed by atoms with Gasteiger partial charge in [-0.25, -0.2) is 0 Å². The Morgan fingerprint density at radius 1 is 0.964 bits per heavy atom. The minimum atomic E-state index is -4.32. The van der Waals surface area contributed by atoms with Crippen molar-refractivity contribution in [2.75, 3.05) is 0 Å². The van der Waals surface area contributed by atoms with Gasteiger partial charge in [-0.2, -0.15) is 8.42 Å². The van der Waals surface area contributed by atoms with Crippen molar-refractivity contribution >= 4 is 10.1 Å². The molecular weight excluding hydrogens is 403 g/mol. The molecule has 7 heteroatoms. The topological polar surface area (TPSA) is 86.7 Å². The molecule has 0 saturated heterocycles. The number of benzene rings is 2. The van der Waals surface area contributed by atoms with Crippen LogP contribution in [0.15, 0.2) is 47.4 Å². The number of ether oxygens (including phenoxy) is 1. The van der Waals surface area contributed by atoms with E-state index in [1.165, 1.54) is 56.4 Å². The van der Waals surface area contributed by atoms with Gasteiger partial charge in [-0.3, -0.25) is 4.55 Å². The van der Waals surface area contributed by atoms with E-state index >= 15 is 0 Å². The van der Waals surface area contributed by atoms with Crippen LogP contribution in [0, 0.1) is 0 Å². The van der Waals surface area contributed by atoms with Crippen molar-refractivity contribution in [3.63, 3.8) is 0 Å². The minimum Gasteiger partial charge on any atom is -0.870 e. The van der Waals surface area contributed by atoms with E-state index in [4.69, 9.17) is 9.29 Å². The third-order valence-electron chi connectivity index (χ3n) is 4.44. The first-order valence-corrected chi connectivity index (χ1v) is 10.9. The first kappa shape index (κ1) is 25.6. The van der Waals surface area contributed by atoms with Crippen molar-refractivity contribution in [1.82, 2.24) is 0 Å². The third-order valence-corrected chi connectivity index (χ3v) is 5.29. The first-order chi connectivity index (χ1) is 12.9. The summed E-state index contributed by atoms with van der Waals surface area (Å²) in [4.78, 5) is -0.272. The summed E-state index contributed by atoms with van der Waals surface area (Å²) in [6.45, 7) is 2.20. The van der Waals surface area contributed by atoms with Crippen molar-refractivity contribution in [2.24, 2.45) is 0 Å². The Balaban J connectivity index is 0.00000392. The van der Waals surface area contributed by atoms with Gasteiger partial charge in [0.2, 0.25) is 0 Å². The second-order valence-corrected chi connectivity index (χ2v) is 8.09. The van der Waals surface area contributed by atoms with E-state index in [0.29, 0.717) is 12.0 Å². The molecule has 0 aliphatic heterocycles. The van der Waals surface area contributed by atoms with Crippen molar-refractivity contribution in [1.29, 1.82) is 0 Å². The summed E-state index contributed by atoms with van der Waals surface area (Å²) in [6, 6.07) is 10.6. The Morgan fingerprint density at radius 3 is 2.29 bits per heavy atom. The summed E-state index contributed by atoms with van der Waals surface area (Å²) < 4.78 is 37.1. The minimum absolute atomic E-state index is 0. The number of hydrogen-bond acceptors (Lipinski definition) is 4. The number of hydrogen-bond donors (Lipinski definition) is 1. The van der Waals surface area contributed by atoms with Crippen molar-refractivity contribution in [3.8, 4) is 17.2 Å². The molecule has 0 atom stereocenters. The Hall–Kier alpha value is -0.414. The van der Waals surface area contributed by atoms with Crippen LogP contribution in [0.4, 0.5) is 0 Å². The summed E-state index contributed by atoms with van der Waals surface area (Å²) in [5, 5.41) is 12.6. The van der Waals surface area contributed by atoms with Crippen LogP contribution in [0.5, 0.6) is 17.2 Å². The van der Waals surface area contributed by atoms with E-state index < -0.39 is 10.1 Å². The van der Waals surface area contributed by atoms with Crippen LogP contribution in [0.3, 0.4) is 0 Å². The molecule has 2 aromatic carbocycles. The molecule has 0 fully saturated rings. The van der Waals surface area contributed by atoms with Crippen molar-refractivity contribution in [2.45, 2.75) is 63.2 Å². The second kappa shape index (κ2) is 13.0. The zero-order valence-electron chi connectivity index (χ0n) is 16.7. The largest absolute Gasteiger partial charge is 1.00 e. The van der Waals surface area contributed by atoms with E-state index in [9.17, 15) is 13.5 Å². The standard InChI is InChI=1S/C21H28O5S.K/c1-2-3-4-5-6-7-8-11-17-12-9-15-20(21(17)22)26-18-13-10-14-19(16-18)27(23,24)25;/h9-10,12-16,22H,2-8,11H2,1H3,(H,23,24,25);/q;+1/p-1. The predicted octanol–water partition coefficient (Wildman–Crippen LogP) is 2.10. The van der Waals surface area contributed by atoms with Gasteiger partial charge in [-0.15, -0.1) is 0 Å². The zero-order chi connectivity index (χ0) is 19.7. The summed E-state index contributed by atoms with van der Waals surface area (Å²) >= 11 is 0. The SMILES string of the molecule is CCCCCCCCCc1cccc(Oc2cccc(S(=O)(=O)O)c2)c1[O-].[K+]. The molecule has 1 N–H and O–H groups in total. The maximum atomic E-state index is 12.6. The van der Waals surface area contributed by atoms with E-state index in [-0.39, 0.29) is 73.5 Å². The van der Waals surface area contributed by atoms with Crippen LogP contribution in [-0.4, -0.2) is 13.0 Å². The number of unbranched alkanes of at least 4 members (excludes halogenated alkanes) is 6. The van der Waals surface area contributed by atoms with Gasteiger partial charge in [0.1, 0.15) is 11.5 Å². The molecule has 0 spiro atoms. The Morgan fingerprint density at radius 2 is 1.61 bits per heavy atom. The van der Waals surface area contributed by atoms with Crippen molar-refractivity contribution in [3.05, 3.63) is 48.0 Å². The number of rotatable bonds is 11. The van der Waals surface area contributed by atoms with Crippen LogP contribution in [0.2, 0.25) is 0 Å². The fourth-order valence-corrected chi connectivity index (χ4v) is 3.45. The monoisotopic (exact) mass is 430 g/mol. The maximum Gasteiger partial charge on any atom is 1.00 e. The Bertz CT molecular complexity index is 836. The first-order valence-electron chi connectivity index (χ1n) is 9.46. The van der Waals surface area contributed by atoms with Crippen molar-refractivity contribution < 1.29 is 74.2 Å². The molecule has 0 radical (unpaired) electrons. The summed E-state index contributed by atoms with van der Waals surface area (Å²) in [5.74, 6) is 0.166. The van der Waals surface area contributed by atoms with E-state index in [0.717, 1.165) is 12.8 Å². The molecule has 0 aromatic heterocycles. The van der Waals surface area contributed by atoms with Gasteiger partial charge >= 0.3 is 51.4 Å². The van der Waals surface area contributed by atoms with Crippen LogP contribution < -0.4 is 61.2 Å². The second-order valence-electron chi connectivity index (χ2n) is 6.67. The molecule has 0 amide bonds. The van der Waals surface area contributed by atoms with Gasteiger partial charge in [0, 0.05) is 6.07 Å². The fourth-order valence-electron chi connectivity index (χ4n) is 2.94. The molecular formula is C21H27KO5S. The van der Waals surface area contributed by atoms with Gasteiger partial charge in [0.15, 0.2) is 0 Å². The number of aryl methyl sites for hydroxylation is 1. The van der Waals surface area contributed by atoms with Gasteiger partial charge in [0.25, 0.3) is 10.1 Å². The molecule has 0 unspecified atom stereocenters. The molecule has 28 heavy (non-hydrogen) atoms. The molecule has 0 heterocycles. The molecule has 148 valence electrons. The summed E-state index contributed by atoms with van der Waals surface area (Å²) in [7, 11) is -4.32.